The highest BCUT2D eigenvalue weighted by atomic mass is 16.6. The van der Waals surface area contributed by atoms with Crippen LogP contribution >= 0.6 is 0 Å². The molecule has 0 aliphatic carbocycles. The molecule has 166 valence electrons. The van der Waals surface area contributed by atoms with Crippen molar-refractivity contribution < 1.29 is 29.4 Å². The fraction of sp³-hybridized carbons (Fsp3) is 0.304. The Hall–Kier alpha value is -3.36. The normalized spacial score (nSPS) is 12.7. The zero-order chi connectivity index (χ0) is 22.5. The second-order valence-corrected chi connectivity index (χ2v) is 6.89. The van der Waals surface area contributed by atoms with E-state index >= 15 is 0 Å². The molecule has 0 saturated heterocycles. The lowest BCUT2D eigenvalue weighted by Gasteiger charge is -2.25. The Bertz CT molecular complexity index is 856. The monoisotopic (exact) mass is 428 g/mol. The van der Waals surface area contributed by atoms with Crippen LogP contribution in [0.5, 0.6) is 5.75 Å². The second kappa shape index (κ2) is 13.0. The fourth-order valence-corrected chi connectivity index (χ4v) is 2.98. The summed E-state index contributed by atoms with van der Waals surface area (Å²) in [5.74, 6) is -0.122. The molecule has 0 aliphatic rings. The average Bonchev–Trinajstić information content (AvgIpc) is 2.79. The maximum atomic E-state index is 12.5. The van der Waals surface area contributed by atoms with Crippen LogP contribution in [-0.2, 0) is 9.53 Å². The number of nitrogens with one attached hydrogen (secondary N) is 2. The van der Waals surface area contributed by atoms with E-state index in [1.165, 1.54) is 11.6 Å². The van der Waals surface area contributed by atoms with Crippen LogP contribution < -0.4 is 15.5 Å². The van der Waals surface area contributed by atoms with Crippen molar-refractivity contribution in [3.8, 4) is 5.75 Å². The molecule has 0 bridgehead atoms. The SMILES string of the molecule is C[C@H](CC/C=C/C(=O)NO)[C@@H](OC(=O)Nc1ccccc1)c1cccc(OCCO)c1. The number of carbonyl (C=O) groups excluding carboxylic acids is 2. The van der Waals surface area contributed by atoms with Crippen molar-refractivity contribution >= 4 is 17.7 Å². The van der Waals surface area contributed by atoms with E-state index in [0.29, 0.717) is 24.3 Å². The molecule has 0 aromatic heterocycles. The number of aliphatic hydroxyl groups excluding tert-OH is 1. The van der Waals surface area contributed by atoms with E-state index in [2.05, 4.69) is 5.32 Å². The van der Waals surface area contributed by atoms with Gasteiger partial charge in [0.15, 0.2) is 0 Å². The number of anilines is 1. The first-order valence-corrected chi connectivity index (χ1v) is 10.0. The van der Waals surface area contributed by atoms with Crippen LogP contribution in [0.2, 0.25) is 0 Å². The Balaban J connectivity index is 2.13. The predicted octanol–water partition coefficient (Wildman–Crippen LogP) is 3.83. The Morgan fingerprint density at radius 3 is 2.61 bits per heavy atom. The molecule has 2 amide bonds. The first-order valence-electron chi connectivity index (χ1n) is 10.0. The Morgan fingerprint density at radius 2 is 1.90 bits per heavy atom. The van der Waals surface area contributed by atoms with Crippen LogP contribution in [0.15, 0.2) is 66.7 Å². The Morgan fingerprint density at radius 1 is 1.13 bits per heavy atom. The van der Waals surface area contributed by atoms with Crippen LogP contribution in [0.25, 0.3) is 0 Å². The average molecular weight is 428 g/mol. The van der Waals surface area contributed by atoms with Crippen molar-refractivity contribution in [2.45, 2.75) is 25.9 Å². The van der Waals surface area contributed by atoms with Gasteiger partial charge in [0.1, 0.15) is 18.5 Å². The third-order valence-corrected chi connectivity index (χ3v) is 4.49. The molecule has 0 aliphatic heterocycles. The standard InChI is InChI=1S/C23H28N2O6/c1-17(8-5-6-13-21(27)25-29)22(18-9-7-12-20(16-18)30-15-14-26)31-23(28)24-19-10-3-2-4-11-19/h2-4,6-7,9-13,16-17,22,26,29H,5,8,14-15H2,1H3,(H,24,28)(H,25,27)/b13-6+/t17-,22-/m1/s1. The summed E-state index contributed by atoms with van der Waals surface area (Å²) < 4.78 is 11.2. The molecule has 8 heteroatoms. The quantitative estimate of drug-likeness (QED) is 0.246. The van der Waals surface area contributed by atoms with E-state index < -0.39 is 18.1 Å². The molecule has 2 aromatic carbocycles. The number of rotatable bonds is 11. The molecule has 0 saturated carbocycles. The summed E-state index contributed by atoms with van der Waals surface area (Å²) in [7, 11) is 0. The van der Waals surface area contributed by atoms with Crippen LogP contribution in [0.4, 0.5) is 10.5 Å². The van der Waals surface area contributed by atoms with Crippen molar-refractivity contribution in [2.75, 3.05) is 18.5 Å². The highest BCUT2D eigenvalue weighted by Crippen LogP contribution is 2.32. The lowest BCUT2D eigenvalue weighted by molar-refractivity contribution is -0.124. The zero-order valence-corrected chi connectivity index (χ0v) is 17.4. The van der Waals surface area contributed by atoms with Crippen molar-refractivity contribution in [3.05, 3.63) is 72.3 Å². The van der Waals surface area contributed by atoms with Gasteiger partial charge in [-0.3, -0.25) is 15.3 Å². The predicted molar refractivity (Wildman–Crippen MR) is 116 cm³/mol. The van der Waals surface area contributed by atoms with Crippen molar-refractivity contribution in [1.29, 1.82) is 0 Å². The smallest absolute Gasteiger partial charge is 0.412 e. The maximum absolute atomic E-state index is 12.5. The minimum atomic E-state index is -0.601. The van der Waals surface area contributed by atoms with Crippen molar-refractivity contribution in [3.63, 3.8) is 0 Å². The van der Waals surface area contributed by atoms with Crippen LogP contribution in [0, 0.1) is 5.92 Å². The molecule has 0 heterocycles. The van der Waals surface area contributed by atoms with Gasteiger partial charge < -0.3 is 14.6 Å². The number of benzene rings is 2. The number of hydrogen-bond donors (Lipinski definition) is 4. The number of allylic oxidation sites excluding steroid dienone is 1. The summed E-state index contributed by atoms with van der Waals surface area (Å²) in [6, 6.07) is 16.2. The van der Waals surface area contributed by atoms with E-state index in [1.54, 1.807) is 36.4 Å². The molecule has 31 heavy (non-hydrogen) atoms. The van der Waals surface area contributed by atoms with Gasteiger partial charge in [-0.1, -0.05) is 43.3 Å². The molecule has 0 radical (unpaired) electrons. The maximum Gasteiger partial charge on any atom is 0.412 e. The summed E-state index contributed by atoms with van der Waals surface area (Å²) in [4.78, 5) is 23.6. The largest absolute Gasteiger partial charge is 0.491 e. The first kappa shape index (κ1) is 23.9. The number of hydrogen-bond acceptors (Lipinski definition) is 6. The third kappa shape index (κ3) is 8.49. The fourth-order valence-electron chi connectivity index (χ4n) is 2.98. The van der Waals surface area contributed by atoms with E-state index in [1.807, 2.05) is 31.2 Å². The van der Waals surface area contributed by atoms with Gasteiger partial charge in [0.2, 0.25) is 0 Å². The van der Waals surface area contributed by atoms with Crippen LogP contribution in [0.3, 0.4) is 0 Å². The molecule has 4 N–H and O–H groups in total. The first-order chi connectivity index (χ1) is 15.0. The summed E-state index contributed by atoms with van der Waals surface area (Å²) in [5, 5.41) is 20.2. The van der Waals surface area contributed by atoms with E-state index in [0.717, 1.165) is 5.56 Å². The van der Waals surface area contributed by atoms with E-state index in [-0.39, 0.29) is 19.1 Å². The second-order valence-electron chi connectivity index (χ2n) is 6.89. The van der Waals surface area contributed by atoms with Gasteiger partial charge >= 0.3 is 6.09 Å². The Labute approximate surface area is 181 Å². The van der Waals surface area contributed by atoms with Gasteiger partial charge in [0.05, 0.1) is 6.61 Å². The lowest BCUT2D eigenvalue weighted by atomic mass is 9.93. The van der Waals surface area contributed by atoms with Gasteiger partial charge in [-0.05, 0) is 48.6 Å². The molecule has 0 fully saturated rings. The molecule has 8 nitrogen and oxygen atoms in total. The third-order valence-electron chi connectivity index (χ3n) is 4.49. The molecule has 2 rings (SSSR count). The molecular formula is C23H28N2O6. The number of para-hydroxylation sites is 1. The summed E-state index contributed by atoms with van der Waals surface area (Å²) in [5.41, 5.74) is 2.91. The van der Waals surface area contributed by atoms with Crippen molar-refractivity contribution in [2.24, 2.45) is 5.92 Å². The molecule has 2 atom stereocenters. The number of hydroxylamine groups is 1. The number of carbonyl (C=O) groups is 2. The number of aliphatic hydroxyl groups is 1. The lowest BCUT2D eigenvalue weighted by Crippen LogP contribution is -2.22. The number of amides is 2. The summed E-state index contributed by atoms with van der Waals surface area (Å²) in [6.45, 7) is 2.01. The molecule has 0 spiro atoms. The summed E-state index contributed by atoms with van der Waals surface area (Å²) >= 11 is 0. The Kier molecular flexibility index (Phi) is 10.1. The minimum absolute atomic E-state index is 0.0866. The highest BCUT2D eigenvalue weighted by molar-refractivity contribution is 5.86. The van der Waals surface area contributed by atoms with Gasteiger partial charge in [-0.25, -0.2) is 10.3 Å². The zero-order valence-electron chi connectivity index (χ0n) is 17.4. The van der Waals surface area contributed by atoms with Gasteiger partial charge in [0.25, 0.3) is 5.91 Å². The summed E-state index contributed by atoms with van der Waals surface area (Å²) in [6.07, 6.45) is 2.91. The van der Waals surface area contributed by atoms with Gasteiger partial charge in [-0.15, -0.1) is 0 Å². The van der Waals surface area contributed by atoms with Crippen LogP contribution in [0.1, 0.15) is 31.4 Å². The van der Waals surface area contributed by atoms with E-state index in [4.69, 9.17) is 19.8 Å². The van der Waals surface area contributed by atoms with Gasteiger partial charge in [-0.2, -0.15) is 0 Å². The van der Waals surface area contributed by atoms with Crippen molar-refractivity contribution in [1.82, 2.24) is 5.48 Å². The van der Waals surface area contributed by atoms with Gasteiger partial charge in [0, 0.05) is 11.8 Å². The minimum Gasteiger partial charge on any atom is -0.491 e. The van der Waals surface area contributed by atoms with E-state index in [9.17, 15) is 9.59 Å². The number of ether oxygens (including phenoxy) is 2. The molecule has 0 unspecified atom stereocenters. The molecule has 2 aromatic rings. The highest BCUT2D eigenvalue weighted by Gasteiger charge is 2.24. The topological polar surface area (TPSA) is 117 Å². The molecular weight excluding hydrogens is 400 g/mol. The van der Waals surface area contributed by atoms with Crippen LogP contribution in [-0.4, -0.2) is 35.5 Å².